The number of quaternary nitrogens is 1. The summed E-state index contributed by atoms with van der Waals surface area (Å²) in [6.45, 7) is 5.07. The van der Waals surface area contributed by atoms with Gasteiger partial charge in [-0.05, 0) is 23.8 Å². The third-order valence-corrected chi connectivity index (χ3v) is 6.03. The van der Waals surface area contributed by atoms with Gasteiger partial charge in [0, 0.05) is 24.9 Å². The fourth-order valence-electron chi connectivity index (χ4n) is 4.37. The van der Waals surface area contributed by atoms with Crippen molar-refractivity contribution in [3.8, 4) is 23.0 Å². The molecule has 1 fully saturated rings. The maximum Gasteiger partial charge on any atom is 0.231 e. The van der Waals surface area contributed by atoms with Crippen LogP contribution in [0.15, 0.2) is 36.4 Å². The molecule has 0 spiro atoms. The lowest BCUT2D eigenvalue weighted by Crippen LogP contribution is -3.10. The number of hydrogen-bond donors (Lipinski definition) is 1. The molecule has 0 aromatic heterocycles. The first-order valence-electron chi connectivity index (χ1n) is 10.6. The Morgan fingerprint density at radius 3 is 2.63 bits per heavy atom. The summed E-state index contributed by atoms with van der Waals surface area (Å²) >= 11 is 0. The average molecular weight is 411 g/mol. The number of fused-ring (bicyclic) bond motifs is 2. The van der Waals surface area contributed by atoms with Gasteiger partial charge in [0.25, 0.3) is 0 Å². The fraction of sp³-hybridized carbons (Fsp3) is 0.435. The zero-order valence-corrected chi connectivity index (χ0v) is 17.0. The van der Waals surface area contributed by atoms with Crippen LogP contribution in [0.25, 0.3) is 0 Å². The molecule has 158 valence electrons. The highest BCUT2D eigenvalue weighted by Crippen LogP contribution is 2.36. The SMILES string of the molecule is O=C(Cc1ccc2c(c1)OCO2)N(CC[NH+]1CCCC1)Cc1cccc2c1OCO2. The molecule has 0 aliphatic carbocycles. The lowest BCUT2D eigenvalue weighted by Gasteiger charge is -2.25. The normalized spacial score (nSPS) is 16.8. The average Bonchev–Trinajstić information content (AvgIpc) is 3.52. The number of amides is 1. The second-order valence-electron chi connectivity index (χ2n) is 8.04. The van der Waals surface area contributed by atoms with E-state index in [1.165, 1.54) is 25.9 Å². The molecule has 5 rings (SSSR count). The van der Waals surface area contributed by atoms with E-state index in [4.69, 9.17) is 18.9 Å². The van der Waals surface area contributed by atoms with Crippen LogP contribution in [0.1, 0.15) is 24.0 Å². The van der Waals surface area contributed by atoms with E-state index >= 15 is 0 Å². The zero-order valence-electron chi connectivity index (χ0n) is 17.0. The molecule has 2 aromatic carbocycles. The second kappa shape index (κ2) is 8.44. The minimum Gasteiger partial charge on any atom is -0.454 e. The second-order valence-corrected chi connectivity index (χ2v) is 8.04. The maximum atomic E-state index is 13.3. The van der Waals surface area contributed by atoms with Gasteiger partial charge in [-0.2, -0.15) is 0 Å². The van der Waals surface area contributed by atoms with Gasteiger partial charge in [0.2, 0.25) is 19.5 Å². The van der Waals surface area contributed by atoms with Gasteiger partial charge >= 0.3 is 0 Å². The van der Waals surface area contributed by atoms with E-state index in [2.05, 4.69) is 0 Å². The van der Waals surface area contributed by atoms with E-state index < -0.39 is 0 Å². The summed E-state index contributed by atoms with van der Waals surface area (Å²) < 4.78 is 22.0. The molecule has 2 aromatic rings. The predicted molar refractivity (Wildman–Crippen MR) is 109 cm³/mol. The van der Waals surface area contributed by atoms with Crippen molar-refractivity contribution in [1.29, 1.82) is 0 Å². The van der Waals surface area contributed by atoms with E-state index in [0.717, 1.165) is 41.5 Å². The topological polar surface area (TPSA) is 61.7 Å². The Hall–Kier alpha value is -2.93. The zero-order chi connectivity index (χ0) is 20.3. The Morgan fingerprint density at radius 2 is 1.73 bits per heavy atom. The van der Waals surface area contributed by atoms with Gasteiger partial charge in [-0.25, -0.2) is 0 Å². The predicted octanol–water partition coefficient (Wildman–Crippen LogP) is 1.39. The fourth-order valence-corrected chi connectivity index (χ4v) is 4.37. The van der Waals surface area contributed by atoms with E-state index in [1.807, 2.05) is 41.3 Å². The molecule has 1 N–H and O–H groups in total. The number of para-hydroxylation sites is 1. The van der Waals surface area contributed by atoms with Crippen LogP contribution in [0.5, 0.6) is 23.0 Å². The van der Waals surface area contributed by atoms with Gasteiger partial charge in [0.05, 0.1) is 32.6 Å². The highest BCUT2D eigenvalue weighted by Gasteiger charge is 2.24. The van der Waals surface area contributed by atoms with Gasteiger partial charge < -0.3 is 28.7 Å². The van der Waals surface area contributed by atoms with E-state index in [1.54, 1.807) is 4.90 Å². The van der Waals surface area contributed by atoms with Crippen LogP contribution in [0.4, 0.5) is 0 Å². The van der Waals surface area contributed by atoms with Crippen molar-refractivity contribution in [3.05, 3.63) is 47.5 Å². The summed E-state index contributed by atoms with van der Waals surface area (Å²) in [6.07, 6.45) is 2.88. The number of carbonyl (C=O) groups is 1. The molecule has 7 nitrogen and oxygen atoms in total. The molecule has 3 aliphatic rings. The summed E-state index contributed by atoms with van der Waals surface area (Å²) in [5.41, 5.74) is 1.92. The molecule has 0 atom stereocenters. The summed E-state index contributed by atoms with van der Waals surface area (Å²) in [5, 5.41) is 0. The van der Waals surface area contributed by atoms with Crippen molar-refractivity contribution in [2.75, 3.05) is 39.8 Å². The van der Waals surface area contributed by atoms with Crippen LogP contribution in [0.3, 0.4) is 0 Å². The first kappa shape index (κ1) is 19.1. The molecule has 0 unspecified atom stereocenters. The number of rotatable bonds is 7. The van der Waals surface area contributed by atoms with Crippen LogP contribution >= 0.6 is 0 Å². The summed E-state index contributed by atoms with van der Waals surface area (Å²) in [5.74, 6) is 3.05. The number of carbonyl (C=O) groups excluding carboxylic acids is 1. The van der Waals surface area contributed by atoms with Crippen molar-refractivity contribution >= 4 is 5.91 Å². The summed E-state index contributed by atoms with van der Waals surface area (Å²) in [4.78, 5) is 16.8. The van der Waals surface area contributed by atoms with Crippen molar-refractivity contribution < 1.29 is 28.6 Å². The van der Waals surface area contributed by atoms with Crippen LogP contribution in [-0.4, -0.2) is 50.6 Å². The van der Waals surface area contributed by atoms with Crippen LogP contribution < -0.4 is 23.8 Å². The van der Waals surface area contributed by atoms with Gasteiger partial charge in [-0.3, -0.25) is 4.79 Å². The molecule has 3 heterocycles. The number of nitrogens with zero attached hydrogens (tertiary/aromatic N) is 1. The minimum absolute atomic E-state index is 0.101. The van der Waals surface area contributed by atoms with E-state index in [0.29, 0.717) is 18.7 Å². The molecular weight excluding hydrogens is 384 g/mol. The molecule has 1 amide bonds. The number of ether oxygens (including phenoxy) is 4. The summed E-state index contributed by atoms with van der Waals surface area (Å²) in [7, 11) is 0. The Bertz CT molecular complexity index is 926. The molecule has 7 heteroatoms. The lowest BCUT2D eigenvalue weighted by atomic mass is 10.1. The third-order valence-electron chi connectivity index (χ3n) is 6.03. The van der Waals surface area contributed by atoms with Gasteiger partial charge in [-0.15, -0.1) is 0 Å². The molecule has 30 heavy (non-hydrogen) atoms. The largest absolute Gasteiger partial charge is 0.454 e. The minimum atomic E-state index is 0.101. The monoisotopic (exact) mass is 411 g/mol. The Balaban J connectivity index is 1.32. The highest BCUT2D eigenvalue weighted by molar-refractivity contribution is 5.79. The standard InChI is InChI=1S/C23H26N2O5/c26-22(13-17-6-7-19-21(12-17)29-15-27-19)25(11-10-24-8-1-2-9-24)14-18-4-3-5-20-23(18)30-16-28-20/h3-7,12H,1-2,8-11,13-16H2/p+1. The van der Waals surface area contributed by atoms with Crippen molar-refractivity contribution in [2.45, 2.75) is 25.8 Å². The molecular formula is C23H27N2O5+. The van der Waals surface area contributed by atoms with Gasteiger partial charge in [0.15, 0.2) is 23.0 Å². The first-order chi connectivity index (χ1) is 14.8. The molecule has 0 radical (unpaired) electrons. The van der Waals surface area contributed by atoms with Crippen molar-refractivity contribution in [3.63, 3.8) is 0 Å². The molecule has 0 bridgehead atoms. The number of likely N-dealkylation sites (tertiary alicyclic amines) is 1. The van der Waals surface area contributed by atoms with E-state index in [9.17, 15) is 4.79 Å². The van der Waals surface area contributed by atoms with Crippen molar-refractivity contribution in [2.24, 2.45) is 0 Å². The number of hydrogen-bond acceptors (Lipinski definition) is 5. The molecule has 1 saturated heterocycles. The molecule has 3 aliphatic heterocycles. The highest BCUT2D eigenvalue weighted by atomic mass is 16.7. The summed E-state index contributed by atoms with van der Waals surface area (Å²) in [6, 6.07) is 11.6. The number of nitrogens with one attached hydrogen (secondary N) is 1. The van der Waals surface area contributed by atoms with E-state index in [-0.39, 0.29) is 19.5 Å². The van der Waals surface area contributed by atoms with Crippen LogP contribution in [0, 0.1) is 0 Å². The lowest BCUT2D eigenvalue weighted by molar-refractivity contribution is -0.886. The smallest absolute Gasteiger partial charge is 0.231 e. The maximum absolute atomic E-state index is 13.3. The van der Waals surface area contributed by atoms with Crippen LogP contribution in [-0.2, 0) is 17.8 Å². The Morgan fingerprint density at radius 1 is 0.933 bits per heavy atom. The Labute approximate surface area is 176 Å². The number of benzene rings is 2. The Kier molecular flexibility index (Phi) is 5.36. The van der Waals surface area contributed by atoms with Crippen molar-refractivity contribution in [1.82, 2.24) is 4.90 Å². The third kappa shape index (κ3) is 4.03. The quantitative estimate of drug-likeness (QED) is 0.746. The molecule has 0 saturated carbocycles. The van der Waals surface area contributed by atoms with Gasteiger partial charge in [0.1, 0.15) is 0 Å². The van der Waals surface area contributed by atoms with Crippen LogP contribution in [0.2, 0.25) is 0 Å². The first-order valence-corrected chi connectivity index (χ1v) is 10.6. The van der Waals surface area contributed by atoms with Gasteiger partial charge in [-0.1, -0.05) is 18.2 Å².